The summed E-state index contributed by atoms with van der Waals surface area (Å²) in [4.78, 5) is 17.3. The van der Waals surface area contributed by atoms with Gasteiger partial charge in [0.05, 0.1) is 26.0 Å². The van der Waals surface area contributed by atoms with E-state index in [1.165, 1.54) is 0 Å². The Kier molecular flexibility index (Phi) is 9.03. The van der Waals surface area contributed by atoms with Crippen LogP contribution in [0, 0.1) is 0 Å². The first-order valence-electron chi connectivity index (χ1n) is 11.2. The number of ether oxygens (including phenoxy) is 3. The molecule has 6 heteroatoms. The van der Waals surface area contributed by atoms with Crippen molar-refractivity contribution in [1.29, 1.82) is 0 Å². The molecule has 0 N–H and O–H groups in total. The lowest BCUT2D eigenvalue weighted by Crippen LogP contribution is -2.46. The highest BCUT2D eigenvalue weighted by Gasteiger charge is 2.19. The largest absolute Gasteiger partial charge is 0.495 e. The van der Waals surface area contributed by atoms with Crippen LogP contribution < -0.4 is 14.4 Å². The van der Waals surface area contributed by atoms with Gasteiger partial charge in [0.25, 0.3) is 0 Å². The number of hydrogen-bond donors (Lipinski definition) is 0. The smallest absolute Gasteiger partial charge is 0.341 e. The Labute approximate surface area is 185 Å². The third-order valence-corrected chi connectivity index (χ3v) is 5.51. The van der Waals surface area contributed by atoms with Gasteiger partial charge in [-0.3, -0.25) is 4.90 Å². The molecular weight excluding hydrogens is 392 g/mol. The molecule has 2 aromatic rings. The summed E-state index contributed by atoms with van der Waals surface area (Å²) in [5.74, 6) is 1.21. The Morgan fingerprint density at radius 2 is 1.61 bits per heavy atom. The summed E-state index contributed by atoms with van der Waals surface area (Å²) in [5.41, 5.74) is 1.66. The number of anilines is 1. The molecule has 3 rings (SSSR count). The molecule has 0 atom stereocenters. The van der Waals surface area contributed by atoms with Gasteiger partial charge in [0.15, 0.2) is 0 Å². The van der Waals surface area contributed by atoms with Crippen molar-refractivity contribution >= 4 is 11.7 Å². The third-order valence-electron chi connectivity index (χ3n) is 5.51. The van der Waals surface area contributed by atoms with Gasteiger partial charge < -0.3 is 19.1 Å². The molecule has 168 valence electrons. The van der Waals surface area contributed by atoms with Crippen LogP contribution in [0.1, 0.15) is 36.5 Å². The van der Waals surface area contributed by atoms with Gasteiger partial charge >= 0.3 is 5.97 Å². The highest BCUT2D eigenvalue weighted by atomic mass is 16.5. The van der Waals surface area contributed by atoms with Gasteiger partial charge in [-0.2, -0.15) is 0 Å². The van der Waals surface area contributed by atoms with E-state index in [0.717, 1.165) is 63.4 Å². The quantitative estimate of drug-likeness (QED) is 0.396. The zero-order chi connectivity index (χ0) is 21.9. The van der Waals surface area contributed by atoms with Crippen LogP contribution in [0.5, 0.6) is 11.5 Å². The lowest BCUT2D eigenvalue weighted by atomic mass is 10.2. The summed E-state index contributed by atoms with van der Waals surface area (Å²) in [6.07, 6.45) is 2.84. The molecule has 0 unspecified atom stereocenters. The van der Waals surface area contributed by atoms with Crippen LogP contribution in [0.2, 0.25) is 0 Å². The first-order valence-corrected chi connectivity index (χ1v) is 11.2. The lowest BCUT2D eigenvalue weighted by Gasteiger charge is -2.36. The van der Waals surface area contributed by atoms with Crippen molar-refractivity contribution in [2.24, 2.45) is 0 Å². The van der Waals surface area contributed by atoms with Crippen LogP contribution >= 0.6 is 0 Å². The van der Waals surface area contributed by atoms with Gasteiger partial charge in [-0.15, -0.1) is 0 Å². The molecule has 1 aliphatic rings. The van der Waals surface area contributed by atoms with Crippen molar-refractivity contribution < 1.29 is 19.0 Å². The molecule has 2 aromatic carbocycles. The maximum Gasteiger partial charge on any atom is 0.341 e. The topological polar surface area (TPSA) is 51.2 Å². The standard InChI is InChI=1S/C25H34N2O4/c1-3-4-19-30-23-12-7-5-10-21(23)25(28)31-20-9-14-26-15-17-27(18-16-26)22-11-6-8-13-24(22)29-2/h5-8,10-13H,3-4,9,14-20H2,1-2H3. The van der Waals surface area contributed by atoms with Crippen LogP contribution in [0.3, 0.4) is 0 Å². The summed E-state index contributed by atoms with van der Waals surface area (Å²) < 4.78 is 16.7. The summed E-state index contributed by atoms with van der Waals surface area (Å²) >= 11 is 0. The molecule has 0 amide bonds. The highest BCUT2D eigenvalue weighted by molar-refractivity contribution is 5.92. The molecule has 0 aliphatic carbocycles. The zero-order valence-electron chi connectivity index (χ0n) is 18.7. The number of piperazine rings is 1. The van der Waals surface area contributed by atoms with E-state index in [0.29, 0.717) is 24.5 Å². The van der Waals surface area contributed by atoms with Crippen molar-refractivity contribution in [2.75, 3.05) is 57.9 Å². The Hall–Kier alpha value is -2.73. The van der Waals surface area contributed by atoms with Crippen LogP contribution in [0.15, 0.2) is 48.5 Å². The number of hydrogen-bond acceptors (Lipinski definition) is 6. The predicted molar refractivity (Wildman–Crippen MR) is 123 cm³/mol. The van der Waals surface area contributed by atoms with E-state index in [1.807, 2.05) is 36.4 Å². The number of nitrogens with zero attached hydrogens (tertiary/aromatic N) is 2. The molecule has 0 bridgehead atoms. The second kappa shape index (κ2) is 12.2. The molecule has 6 nitrogen and oxygen atoms in total. The van der Waals surface area contributed by atoms with Crippen molar-refractivity contribution in [3.63, 3.8) is 0 Å². The number of benzene rings is 2. The van der Waals surface area contributed by atoms with Gasteiger partial charge in [0, 0.05) is 32.7 Å². The normalized spacial score (nSPS) is 14.3. The number of para-hydroxylation sites is 3. The van der Waals surface area contributed by atoms with Crippen molar-refractivity contribution in [2.45, 2.75) is 26.2 Å². The first-order chi connectivity index (χ1) is 15.2. The molecular formula is C25H34N2O4. The van der Waals surface area contributed by atoms with Crippen LogP contribution in [-0.4, -0.2) is 63.9 Å². The number of methoxy groups -OCH3 is 1. The lowest BCUT2D eigenvalue weighted by molar-refractivity contribution is 0.0482. The second-order valence-corrected chi connectivity index (χ2v) is 7.69. The van der Waals surface area contributed by atoms with Crippen LogP contribution in [0.4, 0.5) is 5.69 Å². The molecule has 1 saturated heterocycles. The SMILES string of the molecule is CCCCOc1ccccc1C(=O)OCCCN1CCN(c2ccccc2OC)CC1. The molecule has 0 aromatic heterocycles. The number of unbranched alkanes of at least 4 members (excludes halogenated alkanes) is 1. The van der Waals surface area contributed by atoms with Crippen LogP contribution in [0.25, 0.3) is 0 Å². The summed E-state index contributed by atoms with van der Waals surface area (Å²) in [6, 6.07) is 15.5. The summed E-state index contributed by atoms with van der Waals surface area (Å²) in [7, 11) is 1.71. The highest BCUT2D eigenvalue weighted by Crippen LogP contribution is 2.28. The van der Waals surface area contributed by atoms with E-state index in [9.17, 15) is 4.79 Å². The maximum atomic E-state index is 12.5. The van der Waals surface area contributed by atoms with E-state index in [-0.39, 0.29) is 5.97 Å². The van der Waals surface area contributed by atoms with Crippen LogP contribution in [-0.2, 0) is 4.74 Å². The first kappa shape index (κ1) is 22.9. The molecule has 31 heavy (non-hydrogen) atoms. The fourth-order valence-corrected chi connectivity index (χ4v) is 3.72. The minimum Gasteiger partial charge on any atom is -0.495 e. The number of carbonyl (C=O) groups excluding carboxylic acids is 1. The molecule has 0 saturated carbocycles. The van der Waals surface area contributed by atoms with E-state index >= 15 is 0 Å². The fourth-order valence-electron chi connectivity index (χ4n) is 3.72. The number of carbonyl (C=O) groups is 1. The Morgan fingerprint density at radius 1 is 0.903 bits per heavy atom. The fraction of sp³-hybridized carbons (Fsp3) is 0.480. The molecule has 0 spiro atoms. The summed E-state index contributed by atoms with van der Waals surface area (Å²) in [6.45, 7) is 7.95. The molecule has 1 fully saturated rings. The van der Waals surface area contributed by atoms with Gasteiger partial charge in [-0.1, -0.05) is 37.6 Å². The van der Waals surface area contributed by atoms with E-state index in [2.05, 4.69) is 22.8 Å². The monoisotopic (exact) mass is 426 g/mol. The second-order valence-electron chi connectivity index (χ2n) is 7.69. The average Bonchev–Trinajstić information content (AvgIpc) is 2.82. The Balaban J connectivity index is 1.39. The number of esters is 1. The average molecular weight is 427 g/mol. The predicted octanol–water partition coefficient (Wildman–Crippen LogP) is 4.24. The molecule has 1 heterocycles. The third kappa shape index (κ3) is 6.62. The minimum absolute atomic E-state index is 0.312. The Morgan fingerprint density at radius 3 is 2.35 bits per heavy atom. The van der Waals surface area contributed by atoms with Crippen molar-refractivity contribution in [1.82, 2.24) is 4.90 Å². The van der Waals surface area contributed by atoms with Gasteiger partial charge in [0.2, 0.25) is 0 Å². The summed E-state index contributed by atoms with van der Waals surface area (Å²) in [5, 5.41) is 0. The van der Waals surface area contributed by atoms with Crippen molar-refractivity contribution in [3.05, 3.63) is 54.1 Å². The van der Waals surface area contributed by atoms with Gasteiger partial charge in [-0.05, 0) is 37.1 Å². The van der Waals surface area contributed by atoms with E-state index in [4.69, 9.17) is 14.2 Å². The van der Waals surface area contributed by atoms with Gasteiger partial charge in [-0.25, -0.2) is 4.79 Å². The number of rotatable bonds is 11. The van der Waals surface area contributed by atoms with Gasteiger partial charge in [0.1, 0.15) is 17.1 Å². The van der Waals surface area contributed by atoms with E-state index in [1.54, 1.807) is 13.2 Å². The Bertz CT molecular complexity index is 819. The minimum atomic E-state index is -0.312. The molecule has 1 aliphatic heterocycles. The van der Waals surface area contributed by atoms with E-state index < -0.39 is 0 Å². The molecule has 0 radical (unpaired) electrons. The zero-order valence-corrected chi connectivity index (χ0v) is 18.7. The van der Waals surface area contributed by atoms with Crippen molar-refractivity contribution in [3.8, 4) is 11.5 Å². The maximum absolute atomic E-state index is 12.5.